The second-order valence-corrected chi connectivity index (χ2v) is 7.25. The van der Waals surface area contributed by atoms with E-state index in [-0.39, 0.29) is 19.2 Å². The Kier molecular flexibility index (Phi) is 7.45. The Balaban J connectivity index is 2.56. The molecule has 4 nitrogen and oxygen atoms in total. The molecule has 2 aromatic carbocycles. The van der Waals surface area contributed by atoms with Crippen LogP contribution in [0.2, 0.25) is 0 Å². The molecule has 0 heterocycles. The van der Waals surface area contributed by atoms with Crippen molar-refractivity contribution in [3.8, 4) is 11.5 Å². The van der Waals surface area contributed by atoms with Gasteiger partial charge in [-0.3, -0.25) is 0 Å². The van der Waals surface area contributed by atoms with Crippen LogP contribution in [0.5, 0.6) is 11.5 Å². The van der Waals surface area contributed by atoms with Gasteiger partial charge in [-0.15, -0.1) is 9.24 Å². The fourth-order valence-corrected chi connectivity index (χ4v) is 3.73. The van der Waals surface area contributed by atoms with E-state index in [9.17, 15) is 0 Å². The Morgan fingerprint density at radius 1 is 0.731 bits per heavy atom. The summed E-state index contributed by atoms with van der Waals surface area (Å²) in [5.74, 6) is 1.71. The summed E-state index contributed by atoms with van der Waals surface area (Å²) in [5, 5.41) is 0. The highest BCUT2D eigenvalue weighted by atomic mass is 31.0. The topological polar surface area (TPSA) is 36.9 Å². The van der Waals surface area contributed by atoms with Crippen LogP contribution < -0.4 is 9.47 Å². The smallest absolute Gasteiger partial charge is 0.188 e. The molecule has 1 atom stereocenters. The maximum atomic E-state index is 5.90. The molecule has 0 bridgehead atoms. The molecule has 26 heavy (non-hydrogen) atoms. The molecule has 0 aromatic heterocycles. The minimum Gasteiger partial charge on any atom is -0.467 e. The summed E-state index contributed by atoms with van der Waals surface area (Å²) in [4.78, 5) is 0. The molecule has 0 aliphatic heterocycles. The molecule has 0 N–H and O–H groups in total. The van der Waals surface area contributed by atoms with E-state index in [2.05, 4.69) is 61.2 Å². The van der Waals surface area contributed by atoms with Gasteiger partial charge in [0.2, 0.25) is 0 Å². The highest BCUT2D eigenvalue weighted by Crippen LogP contribution is 2.44. The van der Waals surface area contributed by atoms with Crippen molar-refractivity contribution < 1.29 is 18.9 Å². The van der Waals surface area contributed by atoms with Crippen molar-refractivity contribution in [2.75, 3.05) is 27.8 Å². The average Bonchev–Trinajstić information content (AvgIpc) is 2.58. The molecule has 2 aromatic rings. The van der Waals surface area contributed by atoms with Crippen molar-refractivity contribution >= 4 is 9.24 Å². The highest BCUT2D eigenvalue weighted by Gasteiger charge is 2.21. The molecule has 5 heteroatoms. The van der Waals surface area contributed by atoms with Gasteiger partial charge in [-0.2, -0.15) is 0 Å². The van der Waals surface area contributed by atoms with Crippen molar-refractivity contribution in [1.29, 1.82) is 0 Å². The largest absolute Gasteiger partial charge is 0.467 e. The summed E-state index contributed by atoms with van der Waals surface area (Å²) >= 11 is 0. The molecule has 0 fully saturated rings. The Labute approximate surface area is 159 Å². The third-order valence-corrected chi connectivity index (χ3v) is 4.93. The van der Waals surface area contributed by atoms with Crippen LogP contribution in [0.1, 0.15) is 39.0 Å². The van der Waals surface area contributed by atoms with Crippen LogP contribution in [-0.2, 0) is 9.47 Å². The summed E-state index contributed by atoms with van der Waals surface area (Å²) in [6.45, 7) is 8.74. The Morgan fingerprint density at radius 2 is 1.12 bits per heavy atom. The summed E-state index contributed by atoms with van der Waals surface area (Å²) in [7, 11) is 6.19. The quantitative estimate of drug-likeness (QED) is 0.487. The number of hydrogen-bond acceptors (Lipinski definition) is 4. The molecular formula is C21H29O4P. The van der Waals surface area contributed by atoms with Crippen LogP contribution in [0.15, 0.2) is 24.3 Å². The van der Waals surface area contributed by atoms with Crippen molar-refractivity contribution in [2.24, 2.45) is 0 Å². The monoisotopic (exact) mass is 376 g/mol. The molecular weight excluding hydrogens is 347 g/mol. The number of aryl methyl sites for hydroxylation is 4. The predicted molar refractivity (Wildman–Crippen MR) is 108 cm³/mol. The average molecular weight is 376 g/mol. The van der Waals surface area contributed by atoms with Gasteiger partial charge in [0.25, 0.3) is 0 Å². The van der Waals surface area contributed by atoms with E-state index in [0.717, 1.165) is 33.8 Å². The van der Waals surface area contributed by atoms with Gasteiger partial charge in [0, 0.05) is 31.0 Å². The van der Waals surface area contributed by atoms with Crippen LogP contribution in [0.3, 0.4) is 0 Å². The van der Waals surface area contributed by atoms with E-state index in [1.807, 2.05) is 0 Å². The van der Waals surface area contributed by atoms with Crippen LogP contribution in [-0.4, -0.2) is 27.8 Å². The lowest BCUT2D eigenvalue weighted by Crippen LogP contribution is -2.08. The van der Waals surface area contributed by atoms with Crippen molar-refractivity contribution in [1.82, 2.24) is 0 Å². The number of methoxy groups -OCH3 is 2. The van der Waals surface area contributed by atoms with E-state index in [0.29, 0.717) is 0 Å². The number of hydrogen-bond donors (Lipinski definition) is 0. The second-order valence-electron chi connectivity index (χ2n) is 6.58. The first kappa shape index (κ1) is 20.7. The summed E-state index contributed by atoms with van der Waals surface area (Å²) in [6, 6.07) is 8.56. The molecule has 0 radical (unpaired) electrons. The molecule has 0 spiro atoms. The maximum Gasteiger partial charge on any atom is 0.188 e. The SMILES string of the molecule is COCOc1c(C)cc(C)cc1C(P)c1cc(C)cc(C)c1OCOC. The molecule has 0 saturated carbocycles. The zero-order chi connectivity index (χ0) is 19.3. The van der Waals surface area contributed by atoms with Gasteiger partial charge in [0.05, 0.1) is 0 Å². The molecule has 0 amide bonds. The van der Waals surface area contributed by atoms with E-state index in [1.165, 1.54) is 11.1 Å². The minimum atomic E-state index is 0.0194. The van der Waals surface area contributed by atoms with Crippen LogP contribution in [0.4, 0.5) is 0 Å². The standard InChI is InChI=1S/C21H29O4P/c1-13-7-15(3)19(24-11-22-5)17(9-13)21(26)18-10-14(2)8-16(4)20(18)25-12-23-6/h7-10,21H,11-12,26H2,1-6H3. The van der Waals surface area contributed by atoms with E-state index in [1.54, 1.807) is 14.2 Å². The van der Waals surface area contributed by atoms with Gasteiger partial charge in [-0.25, -0.2) is 0 Å². The van der Waals surface area contributed by atoms with E-state index < -0.39 is 0 Å². The maximum absolute atomic E-state index is 5.90. The zero-order valence-corrected chi connectivity index (χ0v) is 17.7. The lowest BCUT2D eigenvalue weighted by Gasteiger charge is -2.23. The third kappa shape index (κ3) is 4.76. The minimum absolute atomic E-state index is 0.0194. The van der Waals surface area contributed by atoms with Crippen LogP contribution >= 0.6 is 9.24 Å². The van der Waals surface area contributed by atoms with Crippen LogP contribution in [0, 0.1) is 27.7 Å². The fourth-order valence-electron chi connectivity index (χ4n) is 3.23. The van der Waals surface area contributed by atoms with Gasteiger partial charge < -0.3 is 18.9 Å². The van der Waals surface area contributed by atoms with Gasteiger partial charge in [-0.05, 0) is 38.8 Å². The Bertz CT molecular complexity index is 695. The lowest BCUT2D eigenvalue weighted by atomic mass is 9.95. The van der Waals surface area contributed by atoms with Gasteiger partial charge in [0.15, 0.2) is 13.6 Å². The molecule has 142 valence electrons. The molecule has 0 saturated heterocycles. The first-order valence-corrected chi connectivity index (χ1v) is 9.27. The predicted octanol–water partition coefficient (Wildman–Crippen LogP) is 4.85. The summed E-state index contributed by atoms with van der Waals surface area (Å²) in [6.07, 6.45) is 0. The molecule has 1 unspecified atom stereocenters. The Hall–Kier alpha value is -1.61. The normalized spacial score (nSPS) is 11.1. The van der Waals surface area contributed by atoms with Crippen molar-refractivity contribution in [2.45, 2.75) is 33.4 Å². The first-order valence-electron chi connectivity index (χ1n) is 8.60. The van der Waals surface area contributed by atoms with E-state index >= 15 is 0 Å². The van der Waals surface area contributed by atoms with E-state index in [4.69, 9.17) is 18.9 Å². The highest BCUT2D eigenvalue weighted by molar-refractivity contribution is 7.17. The van der Waals surface area contributed by atoms with Crippen molar-refractivity contribution in [3.05, 3.63) is 57.6 Å². The number of ether oxygens (including phenoxy) is 4. The summed E-state index contributed by atoms with van der Waals surface area (Å²) < 4.78 is 22.0. The van der Waals surface area contributed by atoms with Crippen molar-refractivity contribution in [3.63, 3.8) is 0 Å². The Morgan fingerprint density at radius 3 is 1.46 bits per heavy atom. The van der Waals surface area contributed by atoms with Gasteiger partial charge >= 0.3 is 0 Å². The third-order valence-electron chi connectivity index (χ3n) is 4.21. The molecule has 0 aliphatic carbocycles. The summed E-state index contributed by atoms with van der Waals surface area (Å²) in [5.41, 5.74) is 6.78. The fraction of sp³-hybridized carbons (Fsp3) is 0.429. The van der Waals surface area contributed by atoms with Crippen LogP contribution in [0.25, 0.3) is 0 Å². The van der Waals surface area contributed by atoms with Gasteiger partial charge in [0.1, 0.15) is 11.5 Å². The second kappa shape index (κ2) is 9.36. The first-order chi connectivity index (χ1) is 12.4. The zero-order valence-electron chi connectivity index (χ0n) is 16.5. The number of rotatable bonds is 8. The molecule has 2 rings (SSSR count). The van der Waals surface area contributed by atoms with Gasteiger partial charge in [-0.1, -0.05) is 35.4 Å². The molecule has 0 aliphatic rings. The number of benzene rings is 2. The lowest BCUT2D eigenvalue weighted by molar-refractivity contribution is 0.0492.